The van der Waals surface area contributed by atoms with E-state index in [0.717, 1.165) is 27.9 Å². The number of hydrogen-bond acceptors (Lipinski definition) is 5. The highest BCUT2D eigenvalue weighted by molar-refractivity contribution is 5.86. The topological polar surface area (TPSA) is 82.0 Å². The van der Waals surface area contributed by atoms with Gasteiger partial charge in [0.1, 0.15) is 0 Å². The molecular formula is C17H14N6. The van der Waals surface area contributed by atoms with Crippen LogP contribution < -0.4 is 5.73 Å². The van der Waals surface area contributed by atoms with Gasteiger partial charge in [-0.2, -0.15) is 0 Å². The van der Waals surface area contributed by atoms with Crippen LogP contribution in [0.5, 0.6) is 0 Å². The lowest BCUT2D eigenvalue weighted by Gasteiger charge is -2.04. The molecule has 0 amide bonds. The molecule has 0 radical (unpaired) electrons. The summed E-state index contributed by atoms with van der Waals surface area (Å²) in [4.78, 5) is 13.0. The van der Waals surface area contributed by atoms with Gasteiger partial charge in [-0.3, -0.25) is 9.97 Å². The van der Waals surface area contributed by atoms with Gasteiger partial charge in [-0.15, -0.1) is 5.10 Å². The predicted molar refractivity (Wildman–Crippen MR) is 88.6 cm³/mol. The second-order valence-electron chi connectivity index (χ2n) is 5.28. The third-order valence-electron chi connectivity index (χ3n) is 3.76. The number of rotatable bonds is 2. The first-order valence-electron chi connectivity index (χ1n) is 7.20. The first kappa shape index (κ1) is 13.4. The minimum absolute atomic E-state index is 0.422. The van der Waals surface area contributed by atoms with Crippen molar-refractivity contribution in [1.29, 1.82) is 0 Å². The first-order chi connectivity index (χ1) is 11.2. The van der Waals surface area contributed by atoms with E-state index in [9.17, 15) is 0 Å². The Hall–Kier alpha value is -3.28. The minimum atomic E-state index is 0.422. The van der Waals surface area contributed by atoms with Crippen LogP contribution in [0.15, 0.2) is 55.2 Å². The molecule has 23 heavy (non-hydrogen) atoms. The van der Waals surface area contributed by atoms with Crippen molar-refractivity contribution in [1.82, 2.24) is 24.6 Å². The molecule has 4 rings (SSSR count). The molecule has 0 aromatic carbocycles. The third kappa shape index (κ3) is 2.20. The molecule has 4 aromatic rings. The van der Waals surface area contributed by atoms with E-state index < -0.39 is 0 Å². The molecule has 0 aliphatic carbocycles. The number of nitrogens with zero attached hydrogens (tertiary/aromatic N) is 5. The Morgan fingerprint density at radius 1 is 1.00 bits per heavy atom. The summed E-state index contributed by atoms with van der Waals surface area (Å²) in [5, 5.41) is 4.39. The molecule has 0 aliphatic rings. The molecule has 6 heteroatoms. The van der Waals surface area contributed by atoms with E-state index in [1.807, 2.05) is 43.6 Å². The predicted octanol–water partition coefficient (Wildman–Crippen LogP) is 2.74. The van der Waals surface area contributed by atoms with Gasteiger partial charge in [0.15, 0.2) is 11.5 Å². The summed E-state index contributed by atoms with van der Waals surface area (Å²) in [6.45, 7) is 2.00. The van der Waals surface area contributed by atoms with E-state index in [0.29, 0.717) is 11.5 Å². The van der Waals surface area contributed by atoms with E-state index in [-0.39, 0.29) is 0 Å². The minimum Gasteiger partial charge on any atom is -0.382 e. The van der Waals surface area contributed by atoms with E-state index in [4.69, 9.17) is 5.73 Å². The molecule has 0 saturated carbocycles. The van der Waals surface area contributed by atoms with Crippen molar-refractivity contribution in [2.45, 2.75) is 6.92 Å². The van der Waals surface area contributed by atoms with Gasteiger partial charge in [-0.25, -0.2) is 9.50 Å². The molecule has 0 aliphatic heterocycles. The van der Waals surface area contributed by atoms with Gasteiger partial charge in [0, 0.05) is 36.5 Å². The monoisotopic (exact) mass is 302 g/mol. The molecule has 2 N–H and O–H groups in total. The Labute approximate surface area is 132 Å². The number of nitrogens with two attached hydrogens (primary N) is 1. The number of hydrogen-bond donors (Lipinski definition) is 1. The second kappa shape index (κ2) is 5.17. The van der Waals surface area contributed by atoms with Crippen LogP contribution in [0.2, 0.25) is 0 Å². The maximum atomic E-state index is 6.12. The standard InChI is InChI=1S/C17H14N6/c1-11-3-2-6-20-15(11)14-16(18)22-23-10-13(9-21-17(14)23)12-4-7-19-8-5-12/h2-10H,1H3,(H2,18,22). The SMILES string of the molecule is Cc1cccnc1-c1c(N)nn2cc(-c3ccncc3)cnc12. The summed E-state index contributed by atoms with van der Waals surface area (Å²) >= 11 is 0. The van der Waals surface area contributed by atoms with Crippen LogP contribution in [0.1, 0.15) is 5.56 Å². The highest BCUT2D eigenvalue weighted by Crippen LogP contribution is 2.30. The van der Waals surface area contributed by atoms with E-state index in [1.165, 1.54) is 0 Å². The molecule has 0 fully saturated rings. The Kier molecular flexibility index (Phi) is 3.01. The zero-order valence-electron chi connectivity index (χ0n) is 12.5. The van der Waals surface area contributed by atoms with Crippen LogP contribution in [-0.4, -0.2) is 24.6 Å². The van der Waals surface area contributed by atoms with E-state index in [1.54, 1.807) is 23.1 Å². The molecule has 0 spiro atoms. The van der Waals surface area contributed by atoms with Crippen LogP contribution >= 0.6 is 0 Å². The Morgan fingerprint density at radius 2 is 1.83 bits per heavy atom. The van der Waals surface area contributed by atoms with Crippen LogP contribution in [0, 0.1) is 6.92 Å². The van der Waals surface area contributed by atoms with E-state index >= 15 is 0 Å². The highest BCUT2D eigenvalue weighted by Gasteiger charge is 2.17. The summed E-state index contributed by atoms with van der Waals surface area (Å²) in [6.07, 6.45) is 8.97. The summed E-state index contributed by atoms with van der Waals surface area (Å²) in [5.41, 5.74) is 11.4. The third-order valence-corrected chi connectivity index (χ3v) is 3.76. The fraction of sp³-hybridized carbons (Fsp3) is 0.0588. The molecule has 0 unspecified atom stereocenters. The molecule has 6 nitrogen and oxygen atoms in total. The van der Waals surface area contributed by atoms with Gasteiger partial charge < -0.3 is 5.73 Å². The normalized spacial score (nSPS) is 11.0. The quantitative estimate of drug-likeness (QED) is 0.615. The molecule has 112 valence electrons. The number of aryl methyl sites for hydroxylation is 1. The lowest BCUT2D eigenvalue weighted by molar-refractivity contribution is 0.947. The lowest BCUT2D eigenvalue weighted by atomic mass is 10.1. The maximum absolute atomic E-state index is 6.12. The maximum Gasteiger partial charge on any atom is 0.166 e. The van der Waals surface area contributed by atoms with Gasteiger partial charge in [-0.05, 0) is 36.2 Å². The van der Waals surface area contributed by atoms with Gasteiger partial charge >= 0.3 is 0 Å². The van der Waals surface area contributed by atoms with Crippen molar-refractivity contribution in [3.05, 3.63) is 60.8 Å². The summed E-state index contributed by atoms with van der Waals surface area (Å²) in [7, 11) is 0. The average Bonchev–Trinajstić information content (AvgIpc) is 2.91. The molecule has 4 aromatic heterocycles. The zero-order valence-corrected chi connectivity index (χ0v) is 12.5. The van der Waals surface area contributed by atoms with Gasteiger partial charge in [0.25, 0.3) is 0 Å². The van der Waals surface area contributed by atoms with Crippen molar-refractivity contribution in [3.8, 4) is 22.4 Å². The number of aromatic nitrogens is 5. The van der Waals surface area contributed by atoms with Crippen molar-refractivity contribution in [3.63, 3.8) is 0 Å². The first-order valence-corrected chi connectivity index (χ1v) is 7.20. The Balaban J connectivity index is 1.92. The fourth-order valence-corrected chi connectivity index (χ4v) is 2.62. The van der Waals surface area contributed by atoms with Crippen LogP contribution in [0.4, 0.5) is 5.82 Å². The van der Waals surface area contributed by atoms with Crippen molar-refractivity contribution >= 4 is 11.5 Å². The zero-order chi connectivity index (χ0) is 15.8. The van der Waals surface area contributed by atoms with Crippen LogP contribution in [0.3, 0.4) is 0 Å². The highest BCUT2D eigenvalue weighted by atomic mass is 15.3. The Morgan fingerprint density at radius 3 is 2.61 bits per heavy atom. The van der Waals surface area contributed by atoms with Gasteiger partial charge in [0.2, 0.25) is 0 Å². The van der Waals surface area contributed by atoms with Crippen LogP contribution in [0.25, 0.3) is 28.0 Å². The molecular weight excluding hydrogens is 288 g/mol. The molecule has 0 bridgehead atoms. The number of nitrogen functional groups attached to an aromatic ring is 1. The molecule has 0 saturated heterocycles. The van der Waals surface area contributed by atoms with Gasteiger partial charge in [-0.1, -0.05) is 6.07 Å². The van der Waals surface area contributed by atoms with Crippen molar-refractivity contribution in [2.24, 2.45) is 0 Å². The number of anilines is 1. The number of pyridine rings is 2. The van der Waals surface area contributed by atoms with Crippen molar-refractivity contribution < 1.29 is 0 Å². The fourth-order valence-electron chi connectivity index (χ4n) is 2.62. The second-order valence-corrected chi connectivity index (χ2v) is 5.28. The largest absolute Gasteiger partial charge is 0.382 e. The summed E-state index contributed by atoms with van der Waals surface area (Å²) < 4.78 is 1.70. The average molecular weight is 302 g/mol. The Bertz CT molecular complexity index is 991. The van der Waals surface area contributed by atoms with E-state index in [2.05, 4.69) is 20.1 Å². The smallest absolute Gasteiger partial charge is 0.166 e. The van der Waals surface area contributed by atoms with Gasteiger partial charge in [0.05, 0.1) is 11.3 Å². The van der Waals surface area contributed by atoms with Crippen molar-refractivity contribution in [2.75, 3.05) is 5.73 Å². The number of fused-ring (bicyclic) bond motifs is 1. The summed E-state index contributed by atoms with van der Waals surface area (Å²) in [5.74, 6) is 0.422. The lowest BCUT2D eigenvalue weighted by Crippen LogP contribution is -1.93. The molecule has 4 heterocycles. The summed E-state index contributed by atoms with van der Waals surface area (Å²) in [6, 6.07) is 7.76. The molecule has 0 atom stereocenters. The van der Waals surface area contributed by atoms with Crippen LogP contribution in [-0.2, 0) is 0 Å².